The molecule has 3 rings (SSSR count). The number of rotatable bonds is 12. The number of nitrogens with one attached hydrogen (secondary N) is 1. The Morgan fingerprint density at radius 2 is 1.79 bits per heavy atom. The predicted molar refractivity (Wildman–Crippen MR) is 122 cm³/mol. The number of halogens is 2. The van der Waals surface area contributed by atoms with Crippen LogP contribution in [0.4, 0.5) is 19.3 Å². The third-order valence-electron chi connectivity index (χ3n) is 5.37. The molecule has 6 nitrogen and oxygen atoms in total. The molecular weight excluding hydrogens is 430 g/mol. The molecule has 0 bridgehead atoms. The first-order valence-electron chi connectivity index (χ1n) is 11.5. The van der Waals surface area contributed by atoms with Crippen LogP contribution < -0.4 is 10.1 Å². The lowest BCUT2D eigenvalue weighted by atomic mass is 10.1. The molecule has 8 heteroatoms. The molecule has 1 saturated heterocycles. The minimum absolute atomic E-state index is 0.0440. The quantitative estimate of drug-likeness (QED) is 0.410. The van der Waals surface area contributed by atoms with Crippen molar-refractivity contribution in [1.29, 1.82) is 0 Å². The fourth-order valence-corrected chi connectivity index (χ4v) is 3.52. The summed E-state index contributed by atoms with van der Waals surface area (Å²) in [6.45, 7) is 4.51. The van der Waals surface area contributed by atoms with Gasteiger partial charge in [-0.1, -0.05) is 44.7 Å². The van der Waals surface area contributed by atoms with Crippen molar-refractivity contribution in [2.75, 3.05) is 31.7 Å². The average molecular weight is 463 g/mol. The Hall–Kier alpha value is -2.71. The number of carbonyl (C=O) groups excluding carboxylic acids is 1. The number of benzene rings is 2. The highest BCUT2D eigenvalue weighted by atomic mass is 19.1. The molecule has 2 amide bonds. The predicted octanol–water partition coefficient (Wildman–Crippen LogP) is 5.72. The van der Waals surface area contributed by atoms with Crippen LogP contribution in [0.15, 0.2) is 42.5 Å². The molecule has 0 radical (unpaired) electrons. The highest BCUT2D eigenvalue weighted by molar-refractivity contribution is 5.89. The summed E-state index contributed by atoms with van der Waals surface area (Å²) < 4.78 is 43.6. The summed E-state index contributed by atoms with van der Waals surface area (Å²) in [7, 11) is 0. The van der Waals surface area contributed by atoms with Gasteiger partial charge in [0, 0.05) is 19.2 Å². The molecule has 2 aromatic rings. The van der Waals surface area contributed by atoms with Gasteiger partial charge in [-0.2, -0.15) is 0 Å². The summed E-state index contributed by atoms with van der Waals surface area (Å²) in [5.74, 6) is -0.809. The number of hydrogen-bond donors (Lipinski definition) is 1. The lowest BCUT2D eigenvalue weighted by Crippen LogP contribution is -2.35. The Morgan fingerprint density at radius 3 is 2.48 bits per heavy atom. The summed E-state index contributed by atoms with van der Waals surface area (Å²) in [5, 5.41) is 2.57. The second kappa shape index (κ2) is 13.1. The zero-order valence-corrected chi connectivity index (χ0v) is 19.0. The molecule has 0 unspecified atom stereocenters. The van der Waals surface area contributed by atoms with E-state index < -0.39 is 17.7 Å². The Bertz CT molecular complexity index is 873. The fraction of sp³-hybridized carbons (Fsp3) is 0.480. The highest BCUT2D eigenvalue weighted by Gasteiger charge is 2.18. The molecule has 0 aliphatic carbocycles. The minimum atomic E-state index is -0.803. The van der Waals surface area contributed by atoms with Crippen molar-refractivity contribution < 1.29 is 27.8 Å². The molecule has 0 saturated carbocycles. The van der Waals surface area contributed by atoms with Crippen molar-refractivity contribution in [3.8, 4) is 5.75 Å². The molecule has 1 aliphatic rings. The molecule has 0 aromatic heterocycles. The van der Waals surface area contributed by atoms with Crippen LogP contribution in [0.3, 0.4) is 0 Å². The maximum absolute atomic E-state index is 14.0. The summed E-state index contributed by atoms with van der Waals surface area (Å²) in [6, 6.07) is 10.1. The van der Waals surface area contributed by atoms with Crippen LogP contribution in [-0.2, 0) is 16.0 Å². The maximum Gasteiger partial charge on any atom is 0.322 e. The van der Waals surface area contributed by atoms with Gasteiger partial charge in [-0.3, -0.25) is 0 Å². The van der Waals surface area contributed by atoms with Crippen LogP contribution in [0.1, 0.15) is 44.6 Å². The number of carbonyl (C=O) groups is 1. The van der Waals surface area contributed by atoms with Crippen LogP contribution in [0.25, 0.3) is 0 Å². The van der Waals surface area contributed by atoms with Crippen molar-refractivity contribution in [1.82, 2.24) is 4.90 Å². The first-order chi connectivity index (χ1) is 16.0. The van der Waals surface area contributed by atoms with Crippen LogP contribution in [0, 0.1) is 11.6 Å². The van der Waals surface area contributed by atoms with Crippen molar-refractivity contribution in [2.24, 2.45) is 0 Å². The fourth-order valence-electron chi connectivity index (χ4n) is 3.52. The molecular formula is C25H32F2N2O4. The number of urea groups is 1. The minimum Gasteiger partial charge on any atom is -0.488 e. The summed E-state index contributed by atoms with van der Waals surface area (Å²) in [4.78, 5) is 14.5. The third-order valence-corrected chi connectivity index (χ3v) is 5.37. The van der Waals surface area contributed by atoms with Gasteiger partial charge in [0.1, 0.15) is 24.0 Å². The first kappa shape index (κ1) is 24.9. The van der Waals surface area contributed by atoms with E-state index in [9.17, 15) is 13.6 Å². The molecule has 1 aliphatic heterocycles. The number of unbranched alkanes of at least 4 members (excludes halogenated alkanes) is 4. The number of anilines is 1. The van der Waals surface area contributed by atoms with Gasteiger partial charge >= 0.3 is 6.03 Å². The Kier molecular flexibility index (Phi) is 9.90. The zero-order valence-electron chi connectivity index (χ0n) is 19.0. The molecule has 33 heavy (non-hydrogen) atoms. The van der Waals surface area contributed by atoms with Gasteiger partial charge in [-0.15, -0.1) is 0 Å². The largest absolute Gasteiger partial charge is 0.488 e. The zero-order chi connectivity index (χ0) is 23.5. The van der Waals surface area contributed by atoms with E-state index in [1.54, 1.807) is 4.90 Å². The molecule has 1 fully saturated rings. The van der Waals surface area contributed by atoms with Crippen molar-refractivity contribution >= 4 is 11.7 Å². The average Bonchev–Trinajstić information content (AvgIpc) is 3.33. The van der Waals surface area contributed by atoms with Gasteiger partial charge < -0.3 is 24.4 Å². The van der Waals surface area contributed by atoms with Crippen LogP contribution in [-0.4, -0.2) is 43.6 Å². The Balaban J connectivity index is 1.59. The van der Waals surface area contributed by atoms with Gasteiger partial charge in [0.15, 0.2) is 6.29 Å². The molecule has 0 atom stereocenters. The SMILES string of the molecule is CCCCCCCN(Cc1ccc(OCC2OCCO2)cc1)C(=O)Nc1ccc(F)cc1F. The summed E-state index contributed by atoms with van der Waals surface area (Å²) in [5.41, 5.74) is 0.872. The lowest BCUT2D eigenvalue weighted by molar-refractivity contribution is -0.0684. The molecule has 0 spiro atoms. The third kappa shape index (κ3) is 8.29. The molecule has 1 heterocycles. The standard InChI is InChI=1S/C25H32F2N2O4/c1-2-3-4-5-6-13-29(25(30)28-23-12-9-20(26)16-22(23)27)17-19-7-10-21(11-8-19)33-18-24-31-14-15-32-24/h7-12,16,24H,2-6,13-15,17-18H2,1H3,(H,28,30). The van der Waals surface area contributed by atoms with Gasteiger partial charge in [0.05, 0.1) is 18.9 Å². The van der Waals surface area contributed by atoms with E-state index in [2.05, 4.69) is 12.2 Å². The van der Waals surface area contributed by atoms with Gasteiger partial charge in [0.2, 0.25) is 0 Å². The monoisotopic (exact) mass is 462 g/mol. The molecule has 180 valence electrons. The second-order valence-electron chi connectivity index (χ2n) is 8.02. The van der Waals surface area contributed by atoms with E-state index in [0.717, 1.165) is 49.8 Å². The normalized spacial score (nSPS) is 13.8. The van der Waals surface area contributed by atoms with E-state index in [4.69, 9.17) is 14.2 Å². The highest BCUT2D eigenvalue weighted by Crippen LogP contribution is 2.19. The second-order valence-corrected chi connectivity index (χ2v) is 8.02. The van der Waals surface area contributed by atoms with Gasteiger partial charge in [-0.05, 0) is 36.2 Å². The van der Waals surface area contributed by atoms with E-state index in [1.165, 1.54) is 6.07 Å². The number of amides is 2. The number of ether oxygens (including phenoxy) is 3. The number of hydrogen-bond acceptors (Lipinski definition) is 4. The van der Waals surface area contributed by atoms with E-state index in [-0.39, 0.29) is 12.0 Å². The van der Waals surface area contributed by atoms with Crippen LogP contribution in [0.5, 0.6) is 5.75 Å². The topological polar surface area (TPSA) is 60.0 Å². The van der Waals surface area contributed by atoms with Crippen LogP contribution in [0.2, 0.25) is 0 Å². The van der Waals surface area contributed by atoms with E-state index >= 15 is 0 Å². The Labute approximate surface area is 193 Å². The molecule has 2 aromatic carbocycles. The van der Waals surface area contributed by atoms with Crippen LogP contribution >= 0.6 is 0 Å². The smallest absolute Gasteiger partial charge is 0.322 e. The number of nitrogens with zero attached hydrogens (tertiary/aromatic N) is 1. The first-order valence-corrected chi connectivity index (χ1v) is 11.5. The lowest BCUT2D eigenvalue weighted by Gasteiger charge is -2.24. The van der Waals surface area contributed by atoms with E-state index in [0.29, 0.717) is 38.7 Å². The Morgan fingerprint density at radius 1 is 1.06 bits per heavy atom. The maximum atomic E-state index is 14.0. The van der Waals surface area contributed by atoms with Crippen molar-refractivity contribution in [3.63, 3.8) is 0 Å². The van der Waals surface area contributed by atoms with Crippen molar-refractivity contribution in [3.05, 3.63) is 59.7 Å². The van der Waals surface area contributed by atoms with Gasteiger partial charge in [0.25, 0.3) is 0 Å². The summed E-state index contributed by atoms with van der Waals surface area (Å²) in [6.07, 6.45) is 4.93. The van der Waals surface area contributed by atoms with Gasteiger partial charge in [-0.25, -0.2) is 13.6 Å². The molecule has 1 N–H and O–H groups in total. The van der Waals surface area contributed by atoms with E-state index in [1.807, 2.05) is 24.3 Å². The summed E-state index contributed by atoms with van der Waals surface area (Å²) >= 11 is 0. The van der Waals surface area contributed by atoms with Crippen molar-refractivity contribution in [2.45, 2.75) is 51.9 Å².